The molecular weight excluding hydrogens is 252 g/mol. The van der Waals surface area contributed by atoms with Gasteiger partial charge in [0.15, 0.2) is 5.78 Å². The fourth-order valence-corrected chi connectivity index (χ4v) is 3.41. The van der Waals surface area contributed by atoms with Gasteiger partial charge in [-0.2, -0.15) is 0 Å². The summed E-state index contributed by atoms with van der Waals surface area (Å²) in [6.45, 7) is 2.12. The lowest BCUT2D eigenvalue weighted by atomic mass is 9.71. The highest BCUT2D eigenvalue weighted by molar-refractivity contribution is 6.22. The fourth-order valence-electron chi connectivity index (χ4n) is 3.41. The van der Waals surface area contributed by atoms with Crippen molar-refractivity contribution in [1.29, 1.82) is 0 Å². The lowest BCUT2D eigenvalue weighted by Gasteiger charge is -2.41. The van der Waals surface area contributed by atoms with E-state index in [4.69, 9.17) is 9.47 Å². The first-order chi connectivity index (χ1) is 9.70. The van der Waals surface area contributed by atoms with E-state index in [9.17, 15) is 4.79 Å². The van der Waals surface area contributed by atoms with E-state index in [0.717, 1.165) is 18.4 Å². The second-order valence-corrected chi connectivity index (χ2v) is 5.77. The number of allylic oxidation sites excluding steroid dienone is 1. The molecular formula is C17H20O3. The van der Waals surface area contributed by atoms with Crippen LogP contribution in [0.2, 0.25) is 0 Å². The fraction of sp³-hybridized carbons (Fsp3) is 0.471. The Labute approximate surface area is 119 Å². The SMILES string of the molecule is COC1CC(C)C2C(=O)C(c3ccccc3)=COC2C1. The molecule has 1 fully saturated rings. The Morgan fingerprint density at radius 3 is 2.65 bits per heavy atom. The average molecular weight is 272 g/mol. The third kappa shape index (κ3) is 2.27. The van der Waals surface area contributed by atoms with Gasteiger partial charge in [0.2, 0.25) is 0 Å². The van der Waals surface area contributed by atoms with E-state index in [2.05, 4.69) is 6.92 Å². The first-order valence-electron chi connectivity index (χ1n) is 7.18. The van der Waals surface area contributed by atoms with Gasteiger partial charge in [-0.05, 0) is 17.9 Å². The van der Waals surface area contributed by atoms with E-state index in [-0.39, 0.29) is 23.9 Å². The quantitative estimate of drug-likeness (QED) is 0.830. The number of rotatable bonds is 2. The number of hydrogen-bond donors (Lipinski definition) is 0. The number of hydrogen-bond acceptors (Lipinski definition) is 3. The third-order valence-corrected chi connectivity index (χ3v) is 4.49. The lowest BCUT2D eigenvalue weighted by molar-refractivity contribution is -0.131. The van der Waals surface area contributed by atoms with E-state index in [1.165, 1.54) is 0 Å². The van der Waals surface area contributed by atoms with E-state index in [1.807, 2.05) is 30.3 Å². The summed E-state index contributed by atoms with van der Waals surface area (Å²) in [4.78, 5) is 12.8. The molecule has 4 unspecified atom stereocenters. The number of fused-ring (bicyclic) bond motifs is 1. The number of carbonyl (C=O) groups excluding carboxylic acids is 1. The molecule has 1 aromatic carbocycles. The van der Waals surface area contributed by atoms with Crippen LogP contribution in [0.1, 0.15) is 25.3 Å². The van der Waals surface area contributed by atoms with Crippen molar-refractivity contribution in [3.63, 3.8) is 0 Å². The van der Waals surface area contributed by atoms with Crippen LogP contribution in [0.5, 0.6) is 0 Å². The molecule has 0 amide bonds. The predicted octanol–water partition coefficient (Wildman–Crippen LogP) is 3.06. The van der Waals surface area contributed by atoms with Crippen LogP contribution in [0.4, 0.5) is 0 Å². The molecule has 3 nitrogen and oxygen atoms in total. The maximum atomic E-state index is 12.8. The van der Waals surface area contributed by atoms with Crippen LogP contribution in [-0.2, 0) is 14.3 Å². The lowest BCUT2D eigenvalue weighted by Crippen LogP contribution is -2.45. The molecule has 0 aromatic heterocycles. The van der Waals surface area contributed by atoms with Gasteiger partial charge in [0, 0.05) is 13.5 Å². The summed E-state index contributed by atoms with van der Waals surface area (Å²) in [5, 5.41) is 0. The van der Waals surface area contributed by atoms with Gasteiger partial charge in [0.1, 0.15) is 6.10 Å². The van der Waals surface area contributed by atoms with Crippen molar-refractivity contribution in [3.05, 3.63) is 42.2 Å². The largest absolute Gasteiger partial charge is 0.496 e. The maximum absolute atomic E-state index is 12.8. The van der Waals surface area contributed by atoms with E-state index < -0.39 is 0 Å². The zero-order valence-electron chi connectivity index (χ0n) is 11.9. The molecule has 106 valence electrons. The molecule has 4 atom stereocenters. The van der Waals surface area contributed by atoms with Gasteiger partial charge in [-0.25, -0.2) is 0 Å². The zero-order chi connectivity index (χ0) is 14.1. The summed E-state index contributed by atoms with van der Waals surface area (Å²) in [6.07, 6.45) is 3.53. The van der Waals surface area contributed by atoms with Crippen LogP contribution >= 0.6 is 0 Å². The Bertz CT molecular complexity index is 520. The van der Waals surface area contributed by atoms with Crippen molar-refractivity contribution < 1.29 is 14.3 Å². The predicted molar refractivity (Wildman–Crippen MR) is 77.0 cm³/mol. The second-order valence-electron chi connectivity index (χ2n) is 5.77. The Balaban J connectivity index is 1.88. The Hall–Kier alpha value is -1.61. The molecule has 0 spiro atoms. The molecule has 0 N–H and O–H groups in total. The van der Waals surface area contributed by atoms with Crippen LogP contribution in [0.15, 0.2) is 36.6 Å². The highest BCUT2D eigenvalue weighted by Gasteiger charge is 2.44. The van der Waals surface area contributed by atoms with Gasteiger partial charge in [-0.3, -0.25) is 4.79 Å². The molecule has 2 aliphatic rings. The third-order valence-electron chi connectivity index (χ3n) is 4.49. The summed E-state index contributed by atoms with van der Waals surface area (Å²) >= 11 is 0. The first-order valence-corrected chi connectivity index (χ1v) is 7.18. The van der Waals surface area contributed by atoms with Crippen LogP contribution in [-0.4, -0.2) is 25.1 Å². The van der Waals surface area contributed by atoms with Crippen molar-refractivity contribution in [2.45, 2.75) is 32.0 Å². The molecule has 0 saturated heterocycles. The first kappa shape index (κ1) is 13.4. The summed E-state index contributed by atoms with van der Waals surface area (Å²) in [7, 11) is 1.73. The van der Waals surface area contributed by atoms with Gasteiger partial charge in [0.25, 0.3) is 0 Å². The number of Topliss-reactive ketones (excluding diaryl/α,β-unsaturated/α-hetero) is 1. The van der Waals surface area contributed by atoms with Crippen LogP contribution in [0.25, 0.3) is 5.57 Å². The standard InChI is InChI=1S/C17H20O3/c1-11-8-13(19-2)9-15-16(11)17(18)14(10-20-15)12-6-4-3-5-7-12/h3-7,10-11,13,15-16H,8-9H2,1-2H3. The highest BCUT2D eigenvalue weighted by Crippen LogP contribution is 2.40. The second kappa shape index (κ2) is 5.41. The number of carbonyl (C=O) groups is 1. The topological polar surface area (TPSA) is 35.5 Å². The molecule has 1 heterocycles. The van der Waals surface area contributed by atoms with Crippen LogP contribution in [0, 0.1) is 11.8 Å². The molecule has 1 saturated carbocycles. The van der Waals surface area contributed by atoms with Crippen molar-refractivity contribution in [3.8, 4) is 0 Å². The Morgan fingerprint density at radius 2 is 1.95 bits per heavy atom. The number of methoxy groups -OCH3 is 1. The van der Waals surface area contributed by atoms with Gasteiger partial charge in [0.05, 0.1) is 23.9 Å². The zero-order valence-corrected chi connectivity index (χ0v) is 11.9. The molecule has 20 heavy (non-hydrogen) atoms. The smallest absolute Gasteiger partial charge is 0.173 e. The molecule has 1 aromatic rings. The Morgan fingerprint density at radius 1 is 1.20 bits per heavy atom. The molecule has 0 radical (unpaired) electrons. The maximum Gasteiger partial charge on any atom is 0.173 e. The minimum absolute atomic E-state index is 0.0383. The van der Waals surface area contributed by atoms with Crippen LogP contribution < -0.4 is 0 Å². The molecule has 3 heteroatoms. The molecule has 0 bridgehead atoms. The number of benzene rings is 1. The monoisotopic (exact) mass is 272 g/mol. The van der Waals surface area contributed by atoms with Crippen molar-refractivity contribution >= 4 is 11.4 Å². The number of ether oxygens (including phenoxy) is 2. The van der Waals surface area contributed by atoms with Crippen molar-refractivity contribution in [2.24, 2.45) is 11.8 Å². The van der Waals surface area contributed by atoms with E-state index in [0.29, 0.717) is 11.5 Å². The van der Waals surface area contributed by atoms with Gasteiger partial charge in [-0.1, -0.05) is 37.3 Å². The summed E-state index contributed by atoms with van der Waals surface area (Å²) in [5.74, 6) is 0.467. The Kier molecular flexibility index (Phi) is 3.62. The minimum atomic E-state index is -0.0402. The minimum Gasteiger partial charge on any atom is -0.496 e. The normalized spacial score (nSPS) is 33.1. The van der Waals surface area contributed by atoms with Gasteiger partial charge >= 0.3 is 0 Å². The van der Waals surface area contributed by atoms with E-state index >= 15 is 0 Å². The van der Waals surface area contributed by atoms with Gasteiger partial charge in [-0.15, -0.1) is 0 Å². The van der Waals surface area contributed by atoms with Crippen molar-refractivity contribution in [2.75, 3.05) is 7.11 Å². The van der Waals surface area contributed by atoms with Gasteiger partial charge < -0.3 is 9.47 Å². The summed E-state index contributed by atoms with van der Waals surface area (Å²) < 4.78 is 11.3. The van der Waals surface area contributed by atoms with E-state index in [1.54, 1.807) is 13.4 Å². The molecule has 3 rings (SSSR count). The number of ketones is 1. The van der Waals surface area contributed by atoms with Crippen molar-refractivity contribution in [1.82, 2.24) is 0 Å². The summed E-state index contributed by atoms with van der Waals surface area (Å²) in [6, 6.07) is 9.76. The highest BCUT2D eigenvalue weighted by atomic mass is 16.5. The molecule has 1 aliphatic heterocycles. The average Bonchev–Trinajstić information content (AvgIpc) is 2.48. The van der Waals surface area contributed by atoms with Crippen LogP contribution in [0.3, 0.4) is 0 Å². The molecule has 1 aliphatic carbocycles. The summed E-state index contributed by atoms with van der Waals surface area (Å²) in [5.41, 5.74) is 1.64.